The van der Waals surface area contributed by atoms with Crippen LogP contribution in [0.3, 0.4) is 0 Å². The van der Waals surface area contributed by atoms with Gasteiger partial charge in [-0.15, -0.1) is 5.10 Å². The second-order valence-electron chi connectivity index (χ2n) is 3.44. The number of aryl methyl sites for hydroxylation is 1. The van der Waals surface area contributed by atoms with Gasteiger partial charge < -0.3 is 10.4 Å². The Bertz CT molecular complexity index is 592. The zero-order valence-electron chi connectivity index (χ0n) is 9.21. The van der Waals surface area contributed by atoms with E-state index in [1.165, 1.54) is 4.52 Å². The van der Waals surface area contributed by atoms with E-state index in [-0.39, 0.29) is 17.0 Å². The SMILES string of the molecule is Cc1c(NCO)c([N+](=O)[O-])c2nnnn2c1C. The van der Waals surface area contributed by atoms with Gasteiger partial charge in [-0.3, -0.25) is 10.1 Å². The third kappa shape index (κ3) is 1.56. The van der Waals surface area contributed by atoms with Crippen molar-refractivity contribution in [3.05, 3.63) is 21.4 Å². The Balaban J connectivity index is 2.88. The molecule has 2 aromatic heterocycles. The number of aliphatic hydroxyl groups excluding tert-OH is 1. The first kappa shape index (κ1) is 11.2. The number of pyridine rings is 1. The van der Waals surface area contributed by atoms with E-state index in [1.807, 2.05) is 0 Å². The third-order valence-corrected chi connectivity index (χ3v) is 2.59. The molecule has 0 spiro atoms. The first-order valence-electron chi connectivity index (χ1n) is 4.78. The van der Waals surface area contributed by atoms with Crippen molar-refractivity contribution >= 4 is 17.0 Å². The van der Waals surface area contributed by atoms with Crippen LogP contribution in [0.5, 0.6) is 0 Å². The number of tetrazole rings is 1. The van der Waals surface area contributed by atoms with Crippen LogP contribution >= 0.6 is 0 Å². The first-order valence-corrected chi connectivity index (χ1v) is 4.78. The second kappa shape index (κ2) is 3.94. The Labute approximate surface area is 95.2 Å². The smallest absolute Gasteiger partial charge is 0.338 e. The van der Waals surface area contributed by atoms with Crippen molar-refractivity contribution < 1.29 is 10.0 Å². The highest BCUT2D eigenvalue weighted by molar-refractivity contribution is 5.78. The van der Waals surface area contributed by atoms with Crippen molar-refractivity contribution in [2.75, 3.05) is 12.0 Å². The summed E-state index contributed by atoms with van der Waals surface area (Å²) in [6, 6.07) is 0. The van der Waals surface area contributed by atoms with Crippen LogP contribution in [0.4, 0.5) is 11.4 Å². The van der Waals surface area contributed by atoms with Crippen LogP contribution in [0.1, 0.15) is 11.3 Å². The molecule has 0 aromatic carbocycles. The first-order chi connectivity index (χ1) is 8.07. The highest BCUT2D eigenvalue weighted by atomic mass is 16.6. The van der Waals surface area contributed by atoms with Crippen LogP contribution < -0.4 is 5.32 Å². The number of nitrogens with one attached hydrogen (secondary N) is 1. The Kier molecular flexibility index (Phi) is 2.60. The Morgan fingerprint density at radius 2 is 2.24 bits per heavy atom. The van der Waals surface area contributed by atoms with Crippen molar-refractivity contribution in [3.63, 3.8) is 0 Å². The lowest BCUT2D eigenvalue weighted by molar-refractivity contribution is -0.382. The number of anilines is 1. The number of nitro groups is 1. The van der Waals surface area contributed by atoms with E-state index in [0.29, 0.717) is 11.3 Å². The average molecular weight is 238 g/mol. The molecule has 90 valence electrons. The van der Waals surface area contributed by atoms with Gasteiger partial charge in [0.15, 0.2) is 0 Å². The van der Waals surface area contributed by atoms with Crippen LogP contribution in [0, 0.1) is 24.0 Å². The minimum atomic E-state index is -0.573. The van der Waals surface area contributed by atoms with Gasteiger partial charge in [0.1, 0.15) is 12.4 Å². The summed E-state index contributed by atoms with van der Waals surface area (Å²) < 4.78 is 1.30. The lowest BCUT2D eigenvalue weighted by Gasteiger charge is -2.10. The minimum absolute atomic E-state index is 0.0500. The molecule has 0 bridgehead atoms. The zero-order chi connectivity index (χ0) is 12.6. The van der Waals surface area contributed by atoms with E-state index in [1.54, 1.807) is 13.8 Å². The molecule has 0 unspecified atom stereocenters. The predicted octanol–water partition coefficient (Wildman–Crippen LogP) is 0.0110. The highest BCUT2D eigenvalue weighted by Crippen LogP contribution is 2.32. The number of nitrogens with zero attached hydrogens (tertiary/aromatic N) is 5. The summed E-state index contributed by atoms with van der Waals surface area (Å²) in [5.41, 5.74) is 1.33. The molecule has 0 saturated heterocycles. The molecule has 0 aliphatic rings. The molecule has 2 aromatic rings. The van der Waals surface area contributed by atoms with Crippen molar-refractivity contribution in [3.8, 4) is 0 Å². The molecular formula is C8H10N6O3. The largest absolute Gasteiger partial charge is 0.377 e. The van der Waals surface area contributed by atoms with Crippen LogP contribution in [-0.4, -0.2) is 36.8 Å². The number of aliphatic hydroxyl groups is 1. The molecule has 9 heteroatoms. The van der Waals surface area contributed by atoms with E-state index in [4.69, 9.17) is 5.11 Å². The molecule has 0 radical (unpaired) electrons. The van der Waals surface area contributed by atoms with Gasteiger partial charge in [-0.05, 0) is 24.3 Å². The summed E-state index contributed by atoms with van der Waals surface area (Å²) in [6.07, 6.45) is 0. The molecule has 2 heterocycles. The van der Waals surface area contributed by atoms with Crippen molar-refractivity contribution in [1.29, 1.82) is 0 Å². The van der Waals surface area contributed by atoms with Gasteiger partial charge in [0.05, 0.1) is 4.92 Å². The third-order valence-electron chi connectivity index (χ3n) is 2.59. The van der Waals surface area contributed by atoms with Crippen molar-refractivity contribution in [2.45, 2.75) is 13.8 Å². The molecule has 2 rings (SSSR count). The van der Waals surface area contributed by atoms with Gasteiger partial charge in [0, 0.05) is 11.3 Å². The molecule has 2 N–H and O–H groups in total. The van der Waals surface area contributed by atoms with Crippen LogP contribution in [0.15, 0.2) is 0 Å². The highest BCUT2D eigenvalue weighted by Gasteiger charge is 2.26. The lowest BCUT2D eigenvalue weighted by Crippen LogP contribution is -2.10. The van der Waals surface area contributed by atoms with E-state index in [9.17, 15) is 10.1 Å². The van der Waals surface area contributed by atoms with Crippen molar-refractivity contribution in [2.24, 2.45) is 0 Å². The fraction of sp³-hybridized carbons (Fsp3) is 0.375. The van der Waals surface area contributed by atoms with Gasteiger partial charge in [-0.1, -0.05) is 0 Å². The number of fused-ring (bicyclic) bond motifs is 1. The number of hydrogen-bond donors (Lipinski definition) is 2. The number of hydrogen-bond acceptors (Lipinski definition) is 7. The van der Waals surface area contributed by atoms with Gasteiger partial charge in [-0.2, -0.15) is 4.52 Å². The monoisotopic (exact) mass is 238 g/mol. The van der Waals surface area contributed by atoms with E-state index in [2.05, 4.69) is 20.8 Å². The maximum atomic E-state index is 11.0. The predicted molar refractivity (Wildman–Crippen MR) is 57.6 cm³/mol. The summed E-state index contributed by atoms with van der Waals surface area (Å²) in [5, 5.41) is 33.2. The topological polar surface area (TPSA) is 118 Å². The molecule has 17 heavy (non-hydrogen) atoms. The summed E-state index contributed by atoms with van der Waals surface area (Å²) in [6.45, 7) is 3.03. The zero-order valence-corrected chi connectivity index (χ0v) is 9.21. The Hall–Kier alpha value is -2.29. The molecule has 0 fully saturated rings. The summed E-state index contributed by atoms with van der Waals surface area (Å²) in [7, 11) is 0. The van der Waals surface area contributed by atoms with E-state index >= 15 is 0 Å². The van der Waals surface area contributed by atoms with Gasteiger partial charge in [0.25, 0.3) is 5.65 Å². The number of rotatable bonds is 3. The van der Waals surface area contributed by atoms with Crippen LogP contribution in [-0.2, 0) is 0 Å². The normalized spacial score (nSPS) is 10.8. The summed E-state index contributed by atoms with van der Waals surface area (Å²) in [5.74, 6) is 0. The molecular weight excluding hydrogens is 228 g/mol. The molecule has 0 saturated carbocycles. The number of aromatic nitrogens is 4. The standard InChI is InChI=1S/C8H10N6O3/c1-4-5(2)13-8(10-11-12-13)7(14(16)17)6(4)9-3-15/h9,15H,3H2,1-2H3. The molecule has 0 aliphatic carbocycles. The maximum Gasteiger partial charge on any atom is 0.338 e. The maximum absolute atomic E-state index is 11.0. The quantitative estimate of drug-likeness (QED) is 0.439. The molecule has 0 aliphatic heterocycles. The summed E-state index contributed by atoms with van der Waals surface area (Å²) in [4.78, 5) is 10.5. The van der Waals surface area contributed by atoms with E-state index in [0.717, 1.165) is 0 Å². The second-order valence-corrected chi connectivity index (χ2v) is 3.44. The Morgan fingerprint density at radius 3 is 2.82 bits per heavy atom. The minimum Gasteiger partial charge on any atom is -0.377 e. The van der Waals surface area contributed by atoms with Crippen LogP contribution in [0.25, 0.3) is 5.65 Å². The summed E-state index contributed by atoms with van der Waals surface area (Å²) >= 11 is 0. The van der Waals surface area contributed by atoms with Gasteiger partial charge in [0.2, 0.25) is 0 Å². The fourth-order valence-corrected chi connectivity index (χ4v) is 1.66. The molecule has 9 nitrogen and oxygen atoms in total. The van der Waals surface area contributed by atoms with Gasteiger partial charge >= 0.3 is 5.69 Å². The molecule has 0 atom stereocenters. The average Bonchev–Trinajstić information content (AvgIpc) is 2.74. The van der Waals surface area contributed by atoms with Gasteiger partial charge in [-0.25, -0.2) is 0 Å². The lowest BCUT2D eigenvalue weighted by atomic mass is 10.1. The van der Waals surface area contributed by atoms with Crippen molar-refractivity contribution in [1.82, 2.24) is 20.0 Å². The Morgan fingerprint density at radius 1 is 1.53 bits per heavy atom. The van der Waals surface area contributed by atoms with Crippen LogP contribution in [0.2, 0.25) is 0 Å². The molecule has 0 amide bonds. The fourth-order valence-electron chi connectivity index (χ4n) is 1.66. The van der Waals surface area contributed by atoms with E-state index < -0.39 is 11.7 Å².